The maximum atomic E-state index is 6.88. The van der Waals surface area contributed by atoms with Crippen LogP contribution in [0.1, 0.15) is 0 Å². The minimum atomic E-state index is -0.840. The van der Waals surface area contributed by atoms with Gasteiger partial charge in [-0.15, -0.1) is 0 Å². The van der Waals surface area contributed by atoms with E-state index in [0.29, 0.717) is 0 Å². The third kappa shape index (κ3) is 3.99. The van der Waals surface area contributed by atoms with Gasteiger partial charge in [0.1, 0.15) is 23.0 Å². The minimum Gasteiger partial charge on any atom is -0.456 e. The molecular weight excluding hydrogens is 543 g/mol. The maximum absolute atomic E-state index is 6.88. The molecule has 9 rings (SSSR count). The van der Waals surface area contributed by atoms with Crippen molar-refractivity contribution in [2.24, 2.45) is 0 Å². The third-order valence-electron chi connectivity index (χ3n) is 8.38. The molecule has 1 unspecified atom stereocenters. The molecule has 2 aliphatic rings. The molecule has 0 bridgehead atoms. The molecule has 0 N–H and O–H groups in total. The van der Waals surface area contributed by atoms with Crippen LogP contribution >= 0.6 is 7.92 Å². The second kappa shape index (κ2) is 9.70. The van der Waals surface area contributed by atoms with Gasteiger partial charge in [0.15, 0.2) is 0 Å². The van der Waals surface area contributed by atoms with Gasteiger partial charge in [0, 0.05) is 23.9 Å². The summed E-state index contributed by atoms with van der Waals surface area (Å²) in [4.78, 5) is 0. The first-order valence-electron chi connectivity index (χ1n) is 14.5. The molecule has 0 aromatic heterocycles. The van der Waals surface area contributed by atoms with Crippen molar-refractivity contribution in [2.75, 3.05) is 0 Å². The smallest absolute Gasteiger partial charge is 0.143 e. The summed E-state index contributed by atoms with van der Waals surface area (Å²) in [6.45, 7) is 0. The first-order valence-corrected chi connectivity index (χ1v) is 15.9. The molecule has 202 valence electrons. The fourth-order valence-corrected chi connectivity index (χ4v) is 8.93. The van der Waals surface area contributed by atoms with Gasteiger partial charge in [-0.1, -0.05) is 109 Å². The lowest BCUT2D eigenvalue weighted by atomic mass is 9.93. The Morgan fingerprint density at radius 1 is 0.372 bits per heavy atom. The number of hydrogen-bond donors (Lipinski definition) is 0. The summed E-state index contributed by atoms with van der Waals surface area (Å²) in [5.74, 6) is 3.64. The highest BCUT2D eigenvalue weighted by atomic mass is 31.1. The molecule has 1 atom stereocenters. The van der Waals surface area contributed by atoms with E-state index in [1.54, 1.807) is 0 Å². The molecule has 0 amide bonds. The zero-order valence-corrected chi connectivity index (χ0v) is 24.1. The molecule has 0 aliphatic carbocycles. The van der Waals surface area contributed by atoms with Crippen LogP contribution in [0.5, 0.6) is 23.0 Å². The van der Waals surface area contributed by atoms with Crippen molar-refractivity contribution in [3.63, 3.8) is 0 Å². The highest BCUT2D eigenvalue weighted by Crippen LogP contribution is 2.54. The van der Waals surface area contributed by atoms with Gasteiger partial charge >= 0.3 is 0 Å². The van der Waals surface area contributed by atoms with E-state index in [0.717, 1.165) is 44.8 Å². The average molecular weight is 569 g/mol. The van der Waals surface area contributed by atoms with Crippen molar-refractivity contribution in [1.82, 2.24) is 0 Å². The molecule has 7 aromatic carbocycles. The molecule has 43 heavy (non-hydrogen) atoms. The summed E-state index contributed by atoms with van der Waals surface area (Å²) in [5, 5.41) is 5.95. The van der Waals surface area contributed by atoms with Gasteiger partial charge in [0.2, 0.25) is 0 Å². The molecule has 2 aliphatic heterocycles. The summed E-state index contributed by atoms with van der Waals surface area (Å²) in [5.41, 5.74) is 6.92. The highest BCUT2D eigenvalue weighted by molar-refractivity contribution is 7.80. The van der Waals surface area contributed by atoms with Crippen molar-refractivity contribution < 1.29 is 9.47 Å². The van der Waals surface area contributed by atoms with Gasteiger partial charge in [-0.25, -0.2) is 0 Å². The largest absolute Gasteiger partial charge is 0.456 e. The zero-order valence-electron chi connectivity index (χ0n) is 23.2. The van der Waals surface area contributed by atoms with E-state index < -0.39 is 7.92 Å². The Hall–Kier alpha value is -5.17. The summed E-state index contributed by atoms with van der Waals surface area (Å²) < 4.78 is 13.5. The predicted octanol–water partition coefficient (Wildman–Crippen LogP) is 9.81. The molecule has 0 saturated carbocycles. The topological polar surface area (TPSA) is 18.5 Å². The molecule has 0 radical (unpaired) electrons. The van der Waals surface area contributed by atoms with Crippen LogP contribution in [0.4, 0.5) is 0 Å². The van der Waals surface area contributed by atoms with E-state index in [9.17, 15) is 0 Å². The van der Waals surface area contributed by atoms with Gasteiger partial charge in [0.05, 0.1) is 5.30 Å². The fourth-order valence-electron chi connectivity index (χ4n) is 6.36. The van der Waals surface area contributed by atoms with Crippen molar-refractivity contribution in [3.8, 4) is 56.4 Å². The minimum absolute atomic E-state index is 0.840. The molecule has 0 saturated heterocycles. The second-order valence-electron chi connectivity index (χ2n) is 11.0. The number of benzene rings is 7. The molecule has 2 heterocycles. The maximum Gasteiger partial charge on any atom is 0.143 e. The molecule has 0 spiro atoms. The second-order valence-corrected chi connectivity index (χ2v) is 13.1. The lowest BCUT2D eigenvalue weighted by molar-refractivity contribution is 0.469. The van der Waals surface area contributed by atoms with Crippen molar-refractivity contribution in [3.05, 3.63) is 152 Å². The quantitative estimate of drug-likeness (QED) is 0.198. The summed E-state index contributed by atoms with van der Waals surface area (Å²) in [7, 11) is -0.840. The van der Waals surface area contributed by atoms with Crippen LogP contribution in [-0.2, 0) is 0 Å². The van der Waals surface area contributed by atoms with Crippen molar-refractivity contribution in [1.29, 1.82) is 0 Å². The Morgan fingerprint density at radius 2 is 0.930 bits per heavy atom. The van der Waals surface area contributed by atoms with Crippen LogP contribution in [0.15, 0.2) is 152 Å². The molecule has 2 nitrogen and oxygen atoms in total. The van der Waals surface area contributed by atoms with Crippen LogP contribution in [0.25, 0.3) is 44.2 Å². The van der Waals surface area contributed by atoms with E-state index in [-0.39, 0.29) is 0 Å². The first-order chi connectivity index (χ1) is 21.3. The predicted molar refractivity (Wildman–Crippen MR) is 179 cm³/mol. The van der Waals surface area contributed by atoms with Gasteiger partial charge in [-0.05, 0) is 81.2 Å². The Morgan fingerprint density at radius 3 is 1.65 bits per heavy atom. The van der Waals surface area contributed by atoms with Gasteiger partial charge in [0.25, 0.3) is 0 Å². The molecule has 3 heteroatoms. The van der Waals surface area contributed by atoms with Gasteiger partial charge < -0.3 is 9.47 Å². The number of ether oxygens (including phenoxy) is 2. The van der Waals surface area contributed by atoms with Gasteiger partial charge in [-0.3, -0.25) is 0 Å². The van der Waals surface area contributed by atoms with E-state index >= 15 is 0 Å². The zero-order chi connectivity index (χ0) is 28.3. The fraction of sp³-hybridized carbons (Fsp3) is 0. The van der Waals surface area contributed by atoms with Crippen LogP contribution < -0.4 is 25.4 Å². The number of para-hydroxylation sites is 1. The standard InChI is InChI=1S/C40H25O2P/c1-3-11-26(12-4-1)29-21-30(27-13-5-2-6-14-27)23-31(22-29)32-24-35-40-36(25-32)42-39-33-16-8-7-15-28(33)19-20-38(39)43(40)37-18-10-9-17-34(37)41-35/h1-25H. The Labute approximate surface area is 251 Å². The van der Waals surface area contributed by atoms with Crippen molar-refractivity contribution in [2.45, 2.75) is 0 Å². The SMILES string of the molecule is c1ccc(-c2cc(-c3ccccc3)cc(-c3cc4c5c(c3)Oc3c(ccc6ccccc36)P5c3ccccc3O4)c2)cc1. The van der Waals surface area contributed by atoms with Crippen molar-refractivity contribution >= 4 is 34.6 Å². The third-order valence-corrected chi connectivity index (χ3v) is 11.0. The van der Waals surface area contributed by atoms with Crippen LogP contribution in [0.3, 0.4) is 0 Å². The first kappa shape index (κ1) is 24.4. The summed E-state index contributed by atoms with van der Waals surface area (Å²) in [6.07, 6.45) is 0. The van der Waals surface area contributed by atoms with Crippen LogP contribution in [0.2, 0.25) is 0 Å². The van der Waals surface area contributed by atoms with E-state index in [1.165, 1.54) is 38.2 Å². The summed E-state index contributed by atoms with van der Waals surface area (Å²) in [6, 6.07) is 53.9. The Bertz CT molecular complexity index is 2130. The lowest BCUT2D eigenvalue weighted by Gasteiger charge is -2.35. The normalized spacial score (nSPS) is 14.2. The number of rotatable bonds is 3. The van der Waals surface area contributed by atoms with Gasteiger partial charge in [-0.2, -0.15) is 0 Å². The highest BCUT2D eigenvalue weighted by Gasteiger charge is 2.38. The molecule has 0 fully saturated rings. The molecule has 7 aromatic rings. The van der Waals surface area contributed by atoms with E-state index in [2.05, 4.69) is 152 Å². The molecular formula is C40H25O2P. The Balaban J connectivity index is 1.28. The van der Waals surface area contributed by atoms with Crippen LogP contribution in [-0.4, -0.2) is 0 Å². The Kier molecular flexibility index (Phi) is 5.51. The number of fused-ring (bicyclic) bond motifs is 6. The lowest BCUT2D eigenvalue weighted by Crippen LogP contribution is -2.32. The summed E-state index contributed by atoms with van der Waals surface area (Å²) >= 11 is 0. The van der Waals surface area contributed by atoms with E-state index in [4.69, 9.17) is 9.47 Å². The monoisotopic (exact) mass is 568 g/mol. The average Bonchev–Trinajstić information content (AvgIpc) is 3.08. The van der Waals surface area contributed by atoms with Crippen LogP contribution in [0, 0.1) is 0 Å². The van der Waals surface area contributed by atoms with E-state index in [1.807, 2.05) is 0 Å². The number of hydrogen-bond acceptors (Lipinski definition) is 2.